The van der Waals surface area contributed by atoms with E-state index in [2.05, 4.69) is 28.8 Å². The number of hydrogen-bond donors (Lipinski definition) is 1. The van der Waals surface area contributed by atoms with Gasteiger partial charge in [0, 0.05) is 31.2 Å². The summed E-state index contributed by atoms with van der Waals surface area (Å²) >= 11 is 0. The predicted octanol–water partition coefficient (Wildman–Crippen LogP) is 6.99. The molecule has 1 N–H and O–H groups in total. The Balaban J connectivity index is 1.28. The normalized spacial score (nSPS) is 19.0. The van der Waals surface area contributed by atoms with E-state index in [1.54, 1.807) is 6.07 Å². The summed E-state index contributed by atoms with van der Waals surface area (Å²) in [5.74, 6) is 0.779. The molecule has 0 aromatic heterocycles. The van der Waals surface area contributed by atoms with Crippen LogP contribution < -0.4 is 9.64 Å². The number of benzene rings is 2. The fourth-order valence-electron chi connectivity index (χ4n) is 5.51. The zero-order chi connectivity index (χ0) is 26.5. The molecule has 2 fully saturated rings. The second-order valence-electron chi connectivity index (χ2n) is 10.2. The highest BCUT2D eigenvalue weighted by atomic mass is 19.4. The van der Waals surface area contributed by atoms with Gasteiger partial charge in [0.25, 0.3) is 0 Å². The Morgan fingerprint density at radius 3 is 2.32 bits per heavy atom. The summed E-state index contributed by atoms with van der Waals surface area (Å²) in [7, 11) is 0. The summed E-state index contributed by atoms with van der Waals surface area (Å²) in [6.45, 7) is 12.8. The van der Waals surface area contributed by atoms with Crippen LogP contribution in [0.2, 0.25) is 0 Å². The minimum Gasteiger partial charge on any atom is -0.493 e. The van der Waals surface area contributed by atoms with E-state index >= 15 is 0 Å². The van der Waals surface area contributed by atoms with Crippen molar-refractivity contribution in [2.24, 2.45) is 0 Å². The lowest BCUT2D eigenvalue weighted by Gasteiger charge is -2.39. The van der Waals surface area contributed by atoms with Crippen molar-refractivity contribution in [3.8, 4) is 5.75 Å². The van der Waals surface area contributed by atoms with Crippen LogP contribution in [0.15, 0.2) is 42.5 Å². The molecule has 0 aliphatic carbocycles. The first kappa shape index (κ1) is 27.3. The molecule has 0 bridgehead atoms. The zero-order valence-electron chi connectivity index (χ0n) is 21.4. The van der Waals surface area contributed by atoms with Crippen molar-refractivity contribution in [3.63, 3.8) is 0 Å². The molecule has 2 aromatic carbocycles. The minimum atomic E-state index is -4.58. The number of rotatable bonds is 9. The quantitative estimate of drug-likeness (QED) is 0.365. The van der Waals surface area contributed by atoms with Gasteiger partial charge in [-0.2, -0.15) is 13.2 Å². The van der Waals surface area contributed by atoms with Crippen LogP contribution in [0.4, 0.5) is 24.5 Å². The van der Waals surface area contributed by atoms with Gasteiger partial charge in [0.2, 0.25) is 0 Å². The Morgan fingerprint density at radius 2 is 1.73 bits per heavy atom. The van der Waals surface area contributed by atoms with Gasteiger partial charge in [-0.3, -0.25) is 4.90 Å². The van der Waals surface area contributed by atoms with E-state index in [9.17, 15) is 18.3 Å². The standard InChI is InChI=1S/C29H36F3N3O2/c1-3-6-27(35-16-4-5-17-35)22-7-10-24(11-8-22)37-20-15-28(36)13-18-34(19-14-28)23-9-12-26(33-2)25(21-23)29(30,31)32/h7-12,21,27,36H,3-6,13-20H2,1H3. The van der Waals surface area contributed by atoms with Gasteiger partial charge in [-0.25, -0.2) is 4.85 Å². The molecule has 2 aliphatic rings. The van der Waals surface area contributed by atoms with E-state index in [1.807, 2.05) is 17.0 Å². The number of piperidine rings is 1. The van der Waals surface area contributed by atoms with E-state index in [1.165, 1.54) is 24.5 Å². The second kappa shape index (κ2) is 11.7. The van der Waals surface area contributed by atoms with Crippen LogP contribution in [-0.4, -0.2) is 48.4 Å². The summed E-state index contributed by atoms with van der Waals surface area (Å²) < 4.78 is 45.9. The lowest BCUT2D eigenvalue weighted by atomic mass is 9.88. The molecule has 0 amide bonds. The number of aliphatic hydroxyl groups is 1. The maximum atomic E-state index is 13.3. The highest BCUT2D eigenvalue weighted by Gasteiger charge is 2.36. The smallest absolute Gasteiger partial charge is 0.407 e. The molecule has 0 radical (unpaired) electrons. The molecule has 1 unspecified atom stereocenters. The number of ether oxygens (including phenoxy) is 1. The van der Waals surface area contributed by atoms with Crippen molar-refractivity contribution < 1.29 is 23.0 Å². The van der Waals surface area contributed by atoms with E-state index in [0.717, 1.165) is 37.7 Å². The first-order chi connectivity index (χ1) is 17.7. The molecule has 2 aromatic rings. The molecule has 2 aliphatic heterocycles. The molecule has 5 nitrogen and oxygen atoms in total. The Kier molecular flexibility index (Phi) is 8.66. The molecule has 200 valence electrons. The highest BCUT2D eigenvalue weighted by molar-refractivity contribution is 5.62. The first-order valence-corrected chi connectivity index (χ1v) is 13.3. The van der Waals surface area contributed by atoms with Crippen LogP contribution in [-0.2, 0) is 6.18 Å². The van der Waals surface area contributed by atoms with Gasteiger partial charge in [-0.05, 0) is 75.0 Å². The number of alkyl halides is 3. The monoisotopic (exact) mass is 515 g/mol. The Labute approximate surface area is 217 Å². The number of likely N-dealkylation sites (tertiary alicyclic amines) is 1. The highest BCUT2D eigenvalue weighted by Crippen LogP contribution is 2.40. The average Bonchev–Trinajstić information content (AvgIpc) is 3.42. The van der Waals surface area contributed by atoms with E-state index in [4.69, 9.17) is 11.3 Å². The minimum absolute atomic E-state index is 0.373. The number of nitrogens with zero attached hydrogens (tertiary/aromatic N) is 3. The van der Waals surface area contributed by atoms with Crippen LogP contribution in [0, 0.1) is 6.57 Å². The van der Waals surface area contributed by atoms with Gasteiger partial charge < -0.3 is 14.7 Å². The van der Waals surface area contributed by atoms with Crippen LogP contribution in [0.25, 0.3) is 4.85 Å². The van der Waals surface area contributed by atoms with Gasteiger partial charge >= 0.3 is 6.18 Å². The van der Waals surface area contributed by atoms with Crippen molar-refractivity contribution in [3.05, 3.63) is 65.0 Å². The average molecular weight is 516 g/mol. The molecular weight excluding hydrogens is 479 g/mol. The summed E-state index contributed by atoms with van der Waals surface area (Å²) in [6.07, 6.45) is 1.59. The molecule has 37 heavy (non-hydrogen) atoms. The Morgan fingerprint density at radius 1 is 1.05 bits per heavy atom. The summed E-state index contributed by atoms with van der Waals surface area (Å²) in [5.41, 5.74) is -0.482. The lowest BCUT2D eigenvalue weighted by molar-refractivity contribution is -0.136. The maximum absolute atomic E-state index is 13.3. The van der Waals surface area contributed by atoms with Gasteiger partial charge in [0.15, 0.2) is 5.69 Å². The van der Waals surface area contributed by atoms with Crippen LogP contribution in [0.3, 0.4) is 0 Å². The van der Waals surface area contributed by atoms with E-state index in [0.29, 0.717) is 50.7 Å². The Bertz CT molecular complexity index is 1070. The zero-order valence-corrected chi connectivity index (χ0v) is 21.4. The van der Waals surface area contributed by atoms with Gasteiger partial charge in [-0.15, -0.1) is 0 Å². The van der Waals surface area contributed by atoms with Gasteiger partial charge in [0.1, 0.15) is 5.75 Å². The first-order valence-electron chi connectivity index (χ1n) is 13.3. The van der Waals surface area contributed by atoms with E-state index < -0.39 is 23.0 Å². The van der Waals surface area contributed by atoms with Crippen molar-refractivity contribution in [2.75, 3.05) is 37.7 Å². The second-order valence-corrected chi connectivity index (χ2v) is 10.2. The lowest BCUT2D eigenvalue weighted by Crippen LogP contribution is -2.45. The molecular formula is C29H36F3N3O2. The Hall–Kier alpha value is -2.76. The molecule has 8 heteroatoms. The SMILES string of the molecule is [C-]#[N+]c1ccc(N2CCC(O)(CCOc3ccc(C(CCC)N4CCCC4)cc3)CC2)cc1C(F)(F)F. The number of anilines is 1. The topological polar surface area (TPSA) is 40.3 Å². The van der Waals surface area contributed by atoms with Crippen LogP contribution in [0.1, 0.15) is 69.0 Å². The predicted molar refractivity (Wildman–Crippen MR) is 139 cm³/mol. The molecule has 0 saturated carbocycles. The van der Waals surface area contributed by atoms with Gasteiger partial charge in [-0.1, -0.05) is 31.5 Å². The molecule has 2 saturated heterocycles. The van der Waals surface area contributed by atoms with Gasteiger partial charge in [0.05, 0.1) is 24.3 Å². The number of halogens is 3. The van der Waals surface area contributed by atoms with Crippen LogP contribution >= 0.6 is 0 Å². The third-order valence-electron chi connectivity index (χ3n) is 7.71. The molecule has 4 rings (SSSR count). The van der Waals surface area contributed by atoms with Crippen molar-refractivity contribution in [2.45, 2.75) is 69.7 Å². The van der Waals surface area contributed by atoms with Crippen LogP contribution in [0.5, 0.6) is 5.75 Å². The van der Waals surface area contributed by atoms with E-state index in [-0.39, 0.29) is 0 Å². The fourth-order valence-corrected chi connectivity index (χ4v) is 5.51. The largest absolute Gasteiger partial charge is 0.493 e. The van der Waals surface area contributed by atoms with Crippen molar-refractivity contribution >= 4 is 11.4 Å². The summed E-state index contributed by atoms with van der Waals surface area (Å²) in [4.78, 5) is 7.41. The third-order valence-corrected chi connectivity index (χ3v) is 7.71. The van der Waals surface area contributed by atoms with Crippen molar-refractivity contribution in [1.29, 1.82) is 0 Å². The molecule has 1 atom stereocenters. The molecule has 2 heterocycles. The maximum Gasteiger partial charge on any atom is 0.407 e. The fraction of sp³-hybridized carbons (Fsp3) is 0.552. The van der Waals surface area contributed by atoms with Crippen molar-refractivity contribution in [1.82, 2.24) is 4.90 Å². The third kappa shape index (κ3) is 6.77. The summed E-state index contributed by atoms with van der Waals surface area (Å²) in [6, 6.07) is 12.6. The summed E-state index contributed by atoms with van der Waals surface area (Å²) in [5, 5.41) is 11.0. The number of hydrogen-bond acceptors (Lipinski definition) is 4. The molecule has 0 spiro atoms.